The fourth-order valence-corrected chi connectivity index (χ4v) is 4.91. The van der Waals surface area contributed by atoms with Crippen LogP contribution < -0.4 is 10.1 Å². The highest BCUT2D eigenvalue weighted by Crippen LogP contribution is 2.25. The first-order valence-electron chi connectivity index (χ1n) is 9.84. The minimum atomic E-state index is -3.41. The van der Waals surface area contributed by atoms with Gasteiger partial charge in [0.05, 0.1) is 4.90 Å². The smallest absolute Gasteiger partial charge is 0.258 e. The first kappa shape index (κ1) is 21.3. The van der Waals surface area contributed by atoms with Crippen molar-refractivity contribution in [1.29, 1.82) is 0 Å². The largest absolute Gasteiger partial charge is 0.483 e. The lowest BCUT2D eigenvalue weighted by Gasteiger charge is -2.16. The topological polar surface area (TPSA) is 75.7 Å². The second-order valence-corrected chi connectivity index (χ2v) is 9.41. The zero-order valence-corrected chi connectivity index (χ0v) is 18.0. The Hall–Kier alpha value is -2.38. The average Bonchev–Trinajstić information content (AvgIpc) is 3.25. The summed E-state index contributed by atoms with van der Waals surface area (Å²) >= 11 is 0. The van der Waals surface area contributed by atoms with Crippen LogP contribution in [0.1, 0.15) is 35.1 Å². The lowest BCUT2D eigenvalue weighted by atomic mass is 10.1. The normalized spacial score (nSPS) is 14.7. The van der Waals surface area contributed by atoms with Crippen LogP contribution in [0.25, 0.3) is 0 Å². The first-order chi connectivity index (χ1) is 13.8. The molecule has 0 aromatic heterocycles. The summed E-state index contributed by atoms with van der Waals surface area (Å²) in [4.78, 5) is 12.5. The molecule has 1 aliphatic rings. The summed E-state index contributed by atoms with van der Waals surface area (Å²) in [5.74, 6) is 0.524. The molecule has 2 aromatic rings. The molecule has 0 unspecified atom stereocenters. The molecule has 1 amide bonds. The van der Waals surface area contributed by atoms with E-state index in [1.54, 1.807) is 24.3 Å². The summed E-state index contributed by atoms with van der Waals surface area (Å²) in [5.41, 5.74) is 3.99. The Morgan fingerprint density at radius 3 is 2.28 bits per heavy atom. The number of nitrogens with one attached hydrogen (secondary N) is 1. The van der Waals surface area contributed by atoms with Gasteiger partial charge in [-0.2, -0.15) is 4.31 Å². The number of rotatable bonds is 7. The van der Waals surface area contributed by atoms with Crippen molar-refractivity contribution in [3.63, 3.8) is 0 Å². The highest BCUT2D eigenvalue weighted by Gasteiger charge is 2.26. The van der Waals surface area contributed by atoms with Crippen molar-refractivity contribution >= 4 is 15.9 Å². The van der Waals surface area contributed by atoms with Gasteiger partial charge in [-0.25, -0.2) is 8.42 Å². The van der Waals surface area contributed by atoms with Crippen LogP contribution in [-0.4, -0.2) is 38.3 Å². The number of benzene rings is 2. The van der Waals surface area contributed by atoms with Gasteiger partial charge in [-0.15, -0.1) is 0 Å². The first-order valence-corrected chi connectivity index (χ1v) is 11.3. The van der Waals surface area contributed by atoms with E-state index in [1.165, 1.54) is 4.31 Å². The number of amides is 1. The van der Waals surface area contributed by atoms with Gasteiger partial charge in [0.1, 0.15) is 5.75 Å². The van der Waals surface area contributed by atoms with E-state index < -0.39 is 10.0 Å². The molecule has 0 bridgehead atoms. The highest BCUT2D eigenvalue weighted by molar-refractivity contribution is 7.89. The number of hydrogen-bond acceptors (Lipinski definition) is 4. The molecule has 1 heterocycles. The standard InChI is InChI=1S/C22H28N2O4S/c1-16-6-7-17(2)22(18(16)3)28-15-21(25)23-14-19-8-10-20(11-9-19)29(26,27)24-12-4-5-13-24/h6-11H,4-5,12-15H2,1-3H3,(H,23,25). The molecule has 7 heteroatoms. The minimum absolute atomic E-state index is 0.0629. The van der Waals surface area contributed by atoms with Crippen LogP contribution in [-0.2, 0) is 21.4 Å². The molecule has 0 saturated carbocycles. The molecular weight excluding hydrogens is 388 g/mol. The molecule has 1 N–H and O–H groups in total. The van der Waals surface area contributed by atoms with Crippen LogP contribution in [0.3, 0.4) is 0 Å². The minimum Gasteiger partial charge on any atom is -0.483 e. The second kappa shape index (κ2) is 8.97. The Labute approximate surface area is 172 Å². The third kappa shape index (κ3) is 4.97. The lowest BCUT2D eigenvalue weighted by molar-refractivity contribution is -0.123. The highest BCUT2D eigenvalue weighted by atomic mass is 32.2. The Kier molecular flexibility index (Phi) is 6.59. The molecular formula is C22H28N2O4S. The van der Waals surface area contributed by atoms with Gasteiger partial charge in [0.2, 0.25) is 10.0 Å². The Balaban J connectivity index is 1.54. The molecule has 29 heavy (non-hydrogen) atoms. The molecule has 0 radical (unpaired) electrons. The number of carbonyl (C=O) groups excluding carboxylic acids is 1. The summed E-state index contributed by atoms with van der Waals surface area (Å²) in [6.07, 6.45) is 1.82. The number of hydrogen-bond donors (Lipinski definition) is 1. The van der Waals surface area contributed by atoms with Crippen molar-refractivity contribution in [3.8, 4) is 5.75 Å². The van der Waals surface area contributed by atoms with Crippen molar-refractivity contribution in [2.24, 2.45) is 0 Å². The fourth-order valence-electron chi connectivity index (χ4n) is 3.39. The Bertz CT molecular complexity index is 979. The maximum Gasteiger partial charge on any atom is 0.258 e. The SMILES string of the molecule is Cc1ccc(C)c(OCC(=O)NCc2ccc(S(=O)(=O)N3CCCC3)cc2)c1C. The van der Waals surface area contributed by atoms with Crippen molar-refractivity contribution in [2.75, 3.05) is 19.7 Å². The fraction of sp³-hybridized carbons (Fsp3) is 0.409. The molecule has 1 aliphatic heterocycles. The molecule has 0 spiro atoms. The van der Waals surface area contributed by atoms with E-state index in [0.717, 1.165) is 40.8 Å². The molecule has 3 rings (SSSR count). The van der Waals surface area contributed by atoms with Gasteiger partial charge in [-0.1, -0.05) is 24.3 Å². The molecule has 0 atom stereocenters. The van der Waals surface area contributed by atoms with Crippen LogP contribution in [0.2, 0.25) is 0 Å². The molecule has 156 valence electrons. The quantitative estimate of drug-likeness (QED) is 0.753. The van der Waals surface area contributed by atoms with E-state index in [1.807, 2.05) is 32.9 Å². The van der Waals surface area contributed by atoms with Gasteiger partial charge >= 0.3 is 0 Å². The van der Waals surface area contributed by atoms with Gasteiger partial charge in [-0.3, -0.25) is 4.79 Å². The van der Waals surface area contributed by atoms with Gasteiger partial charge in [-0.05, 0) is 68.0 Å². The van der Waals surface area contributed by atoms with Crippen molar-refractivity contribution in [2.45, 2.75) is 45.1 Å². The number of aryl methyl sites for hydroxylation is 2. The number of nitrogens with zero attached hydrogens (tertiary/aromatic N) is 1. The monoisotopic (exact) mass is 416 g/mol. The molecule has 0 aliphatic carbocycles. The van der Waals surface area contributed by atoms with Crippen LogP contribution >= 0.6 is 0 Å². The average molecular weight is 417 g/mol. The summed E-state index contributed by atoms with van der Waals surface area (Å²) < 4.78 is 32.3. The van der Waals surface area contributed by atoms with Gasteiger partial charge in [0.15, 0.2) is 6.61 Å². The summed E-state index contributed by atoms with van der Waals surface area (Å²) in [6, 6.07) is 10.7. The van der Waals surface area contributed by atoms with Crippen LogP contribution in [0.15, 0.2) is 41.3 Å². The van der Waals surface area contributed by atoms with Crippen LogP contribution in [0, 0.1) is 20.8 Å². The van der Waals surface area contributed by atoms with E-state index in [0.29, 0.717) is 24.5 Å². The maximum atomic E-state index is 12.6. The van der Waals surface area contributed by atoms with Gasteiger partial charge < -0.3 is 10.1 Å². The maximum absolute atomic E-state index is 12.6. The predicted molar refractivity (Wildman–Crippen MR) is 112 cm³/mol. The third-order valence-corrected chi connectivity index (χ3v) is 7.25. The molecule has 1 saturated heterocycles. The van der Waals surface area contributed by atoms with Crippen molar-refractivity contribution in [1.82, 2.24) is 9.62 Å². The second-order valence-electron chi connectivity index (χ2n) is 7.47. The third-order valence-electron chi connectivity index (χ3n) is 5.34. The van der Waals surface area contributed by atoms with Crippen molar-refractivity contribution in [3.05, 3.63) is 58.7 Å². The van der Waals surface area contributed by atoms with Crippen molar-refractivity contribution < 1.29 is 17.9 Å². The van der Waals surface area contributed by atoms with E-state index >= 15 is 0 Å². The Morgan fingerprint density at radius 1 is 1.00 bits per heavy atom. The zero-order chi connectivity index (χ0) is 21.0. The Morgan fingerprint density at radius 2 is 1.62 bits per heavy atom. The van der Waals surface area contributed by atoms with E-state index in [-0.39, 0.29) is 12.5 Å². The van der Waals surface area contributed by atoms with Gasteiger partial charge in [0, 0.05) is 19.6 Å². The van der Waals surface area contributed by atoms with Crippen LogP contribution in [0.5, 0.6) is 5.75 Å². The summed E-state index contributed by atoms with van der Waals surface area (Å²) in [6.45, 7) is 7.37. The number of sulfonamides is 1. The molecule has 2 aromatic carbocycles. The number of ether oxygens (including phenoxy) is 1. The van der Waals surface area contributed by atoms with E-state index in [4.69, 9.17) is 4.74 Å². The summed E-state index contributed by atoms with van der Waals surface area (Å²) in [5, 5.41) is 2.81. The zero-order valence-electron chi connectivity index (χ0n) is 17.2. The van der Waals surface area contributed by atoms with Crippen LogP contribution in [0.4, 0.5) is 0 Å². The van der Waals surface area contributed by atoms with E-state index in [9.17, 15) is 13.2 Å². The predicted octanol–water partition coefficient (Wildman–Crippen LogP) is 3.09. The molecule has 1 fully saturated rings. The summed E-state index contributed by atoms with van der Waals surface area (Å²) in [7, 11) is -3.41. The molecule has 6 nitrogen and oxygen atoms in total. The van der Waals surface area contributed by atoms with Gasteiger partial charge in [0.25, 0.3) is 5.91 Å². The lowest BCUT2D eigenvalue weighted by Crippen LogP contribution is -2.29. The number of carbonyl (C=O) groups is 1. The van der Waals surface area contributed by atoms with E-state index in [2.05, 4.69) is 5.32 Å².